The number of nitrogens with one attached hydrogen (secondary N) is 1. The number of rotatable bonds is 2. The maximum atomic E-state index is 11.5. The molecule has 0 aromatic heterocycles. The molecule has 3 heteroatoms. The first-order valence-corrected chi connectivity index (χ1v) is 4.86. The maximum absolute atomic E-state index is 11.5. The molecular formula is C12H12N2O. The van der Waals surface area contributed by atoms with Crippen LogP contribution in [-0.2, 0) is 0 Å². The second-order valence-corrected chi connectivity index (χ2v) is 3.44. The number of terminal acetylenes is 1. The minimum atomic E-state index is -0.0817. The Morgan fingerprint density at radius 3 is 2.87 bits per heavy atom. The van der Waals surface area contributed by atoms with Gasteiger partial charge in [0.2, 0.25) is 0 Å². The van der Waals surface area contributed by atoms with Gasteiger partial charge in [0.1, 0.15) is 0 Å². The van der Waals surface area contributed by atoms with Gasteiger partial charge in [-0.15, -0.1) is 6.42 Å². The fraction of sp³-hybridized carbons (Fsp3) is 0.250. The van der Waals surface area contributed by atoms with Gasteiger partial charge >= 0.3 is 6.03 Å². The molecule has 1 aliphatic heterocycles. The molecule has 1 fully saturated rings. The Bertz CT molecular complexity index is 394. The highest BCUT2D eigenvalue weighted by Gasteiger charge is 2.30. The number of nitrogens with zero attached hydrogens (tertiary/aromatic N) is 1. The molecular weight excluding hydrogens is 188 g/mol. The van der Waals surface area contributed by atoms with Crippen LogP contribution in [0.15, 0.2) is 30.3 Å². The van der Waals surface area contributed by atoms with Crippen molar-refractivity contribution in [2.24, 2.45) is 0 Å². The number of carbonyl (C=O) groups is 1. The fourth-order valence-corrected chi connectivity index (χ4v) is 1.79. The number of hydrogen-bond acceptors (Lipinski definition) is 1. The molecule has 3 nitrogen and oxygen atoms in total. The van der Waals surface area contributed by atoms with Crippen LogP contribution in [0.5, 0.6) is 0 Å². The number of hydrogen-bond donors (Lipinski definition) is 1. The van der Waals surface area contributed by atoms with Crippen molar-refractivity contribution in [1.82, 2.24) is 10.2 Å². The van der Waals surface area contributed by atoms with E-state index in [2.05, 4.69) is 11.2 Å². The monoisotopic (exact) mass is 200 g/mol. The number of benzene rings is 1. The van der Waals surface area contributed by atoms with Crippen LogP contribution in [0, 0.1) is 12.3 Å². The Morgan fingerprint density at radius 1 is 1.47 bits per heavy atom. The second kappa shape index (κ2) is 4.05. The van der Waals surface area contributed by atoms with Gasteiger partial charge in [-0.1, -0.05) is 36.3 Å². The minimum absolute atomic E-state index is 0.0646. The van der Waals surface area contributed by atoms with Crippen LogP contribution in [0.2, 0.25) is 0 Å². The summed E-state index contributed by atoms with van der Waals surface area (Å²) in [5.41, 5.74) is 1.12. The van der Waals surface area contributed by atoms with Crippen LogP contribution < -0.4 is 5.32 Å². The van der Waals surface area contributed by atoms with Crippen molar-refractivity contribution in [3.63, 3.8) is 0 Å². The van der Waals surface area contributed by atoms with Gasteiger partial charge in [-0.3, -0.25) is 0 Å². The number of amides is 2. The highest BCUT2D eigenvalue weighted by Crippen LogP contribution is 2.23. The molecule has 15 heavy (non-hydrogen) atoms. The van der Waals surface area contributed by atoms with Gasteiger partial charge in [-0.2, -0.15) is 0 Å². The summed E-state index contributed by atoms with van der Waals surface area (Å²) in [4.78, 5) is 13.1. The van der Waals surface area contributed by atoms with Crippen LogP contribution in [0.4, 0.5) is 4.79 Å². The van der Waals surface area contributed by atoms with Crippen LogP contribution in [0.25, 0.3) is 0 Å². The summed E-state index contributed by atoms with van der Waals surface area (Å²) in [6.07, 6.45) is 5.24. The molecule has 76 valence electrons. The van der Waals surface area contributed by atoms with E-state index in [1.54, 1.807) is 4.90 Å². The number of urea groups is 1. The Morgan fingerprint density at radius 2 is 2.20 bits per heavy atom. The molecule has 1 heterocycles. The Balaban J connectivity index is 2.23. The van der Waals surface area contributed by atoms with E-state index >= 15 is 0 Å². The van der Waals surface area contributed by atoms with Crippen LogP contribution in [0.3, 0.4) is 0 Å². The van der Waals surface area contributed by atoms with Crippen molar-refractivity contribution in [3.05, 3.63) is 35.9 Å². The third-order valence-electron chi connectivity index (χ3n) is 2.53. The number of carbonyl (C=O) groups excluding carboxylic acids is 1. The van der Waals surface area contributed by atoms with Crippen molar-refractivity contribution >= 4 is 6.03 Å². The average molecular weight is 200 g/mol. The first kappa shape index (κ1) is 9.60. The summed E-state index contributed by atoms with van der Waals surface area (Å²) in [5.74, 6) is 2.50. The quantitative estimate of drug-likeness (QED) is 0.719. The van der Waals surface area contributed by atoms with E-state index in [0.29, 0.717) is 13.1 Å². The van der Waals surface area contributed by atoms with Gasteiger partial charge in [-0.25, -0.2) is 4.79 Å². The van der Waals surface area contributed by atoms with Gasteiger partial charge in [0.25, 0.3) is 0 Å². The SMILES string of the molecule is C#CCN1C(=O)NCC1c1ccccc1. The lowest BCUT2D eigenvalue weighted by atomic mass is 10.1. The lowest BCUT2D eigenvalue weighted by molar-refractivity contribution is 0.211. The molecule has 1 aliphatic rings. The zero-order chi connectivity index (χ0) is 10.7. The summed E-state index contributed by atoms with van der Waals surface area (Å²) >= 11 is 0. The summed E-state index contributed by atoms with van der Waals surface area (Å²) in [6, 6.07) is 9.89. The van der Waals surface area contributed by atoms with E-state index < -0.39 is 0 Å². The lowest BCUT2D eigenvalue weighted by Crippen LogP contribution is -2.30. The molecule has 2 amide bonds. The standard InChI is InChI=1S/C12H12N2O/c1-2-8-14-11(9-13-12(14)15)10-6-4-3-5-7-10/h1,3-7,11H,8-9H2,(H,13,15). The molecule has 0 radical (unpaired) electrons. The van der Waals surface area contributed by atoms with Gasteiger partial charge in [-0.05, 0) is 5.56 Å². The molecule has 1 atom stereocenters. The summed E-state index contributed by atoms with van der Waals surface area (Å²) < 4.78 is 0. The van der Waals surface area contributed by atoms with Crippen LogP contribution >= 0.6 is 0 Å². The van der Waals surface area contributed by atoms with E-state index in [-0.39, 0.29) is 12.1 Å². The molecule has 0 bridgehead atoms. The van der Waals surface area contributed by atoms with Gasteiger partial charge in [0, 0.05) is 6.54 Å². The largest absolute Gasteiger partial charge is 0.336 e. The molecule has 2 rings (SSSR count). The van der Waals surface area contributed by atoms with Crippen molar-refractivity contribution in [1.29, 1.82) is 0 Å². The Labute approximate surface area is 89.1 Å². The molecule has 0 saturated carbocycles. The molecule has 1 aromatic rings. The third-order valence-corrected chi connectivity index (χ3v) is 2.53. The zero-order valence-electron chi connectivity index (χ0n) is 8.31. The summed E-state index contributed by atoms with van der Waals surface area (Å²) in [6.45, 7) is 0.982. The predicted molar refractivity (Wildman–Crippen MR) is 58.1 cm³/mol. The highest BCUT2D eigenvalue weighted by molar-refractivity contribution is 5.77. The predicted octanol–water partition coefficient (Wildman–Crippen LogP) is 1.39. The first-order valence-electron chi connectivity index (χ1n) is 4.86. The fourth-order valence-electron chi connectivity index (χ4n) is 1.79. The van der Waals surface area contributed by atoms with Crippen molar-refractivity contribution in [2.45, 2.75) is 6.04 Å². The first-order chi connectivity index (χ1) is 7.33. The smallest absolute Gasteiger partial charge is 0.318 e. The summed E-state index contributed by atoms with van der Waals surface area (Å²) in [5, 5.41) is 2.79. The van der Waals surface area contributed by atoms with E-state index in [1.807, 2.05) is 30.3 Å². The average Bonchev–Trinajstić information content (AvgIpc) is 2.63. The van der Waals surface area contributed by atoms with E-state index in [9.17, 15) is 4.79 Å². The molecule has 1 aromatic carbocycles. The normalized spacial score (nSPS) is 19.8. The Kier molecular flexibility index (Phi) is 2.59. The molecule has 1 N–H and O–H groups in total. The molecule has 1 unspecified atom stereocenters. The van der Waals surface area contributed by atoms with E-state index in [0.717, 1.165) is 5.56 Å². The van der Waals surface area contributed by atoms with Gasteiger partial charge in [0.05, 0.1) is 12.6 Å². The highest BCUT2D eigenvalue weighted by atomic mass is 16.2. The second-order valence-electron chi connectivity index (χ2n) is 3.44. The Hall–Kier alpha value is -1.95. The molecule has 0 aliphatic carbocycles. The van der Waals surface area contributed by atoms with Gasteiger partial charge in [0.15, 0.2) is 0 Å². The molecule has 1 saturated heterocycles. The topological polar surface area (TPSA) is 32.3 Å². The maximum Gasteiger partial charge on any atom is 0.318 e. The zero-order valence-corrected chi connectivity index (χ0v) is 8.31. The van der Waals surface area contributed by atoms with Crippen molar-refractivity contribution in [3.8, 4) is 12.3 Å². The minimum Gasteiger partial charge on any atom is -0.336 e. The van der Waals surface area contributed by atoms with E-state index in [1.165, 1.54) is 0 Å². The molecule has 0 spiro atoms. The van der Waals surface area contributed by atoms with E-state index in [4.69, 9.17) is 6.42 Å². The van der Waals surface area contributed by atoms with Crippen LogP contribution in [0.1, 0.15) is 11.6 Å². The van der Waals surface area contributed by atoms with Gasteiger partial charge < -0.3 is 10.2 Å². The lowest BCUT2D eigenvalue weighted by Gasteiger charge is -2.20. The summed E-state index contributed by atoms with van der Waals surface area (Å²) in [7, 11) is 0. The van der Waals surface area contributed by atoms with Crippen molar-refractivity contribution < 1.29 is 4.79 Å². The third kappa shape index (κ3) is 1.79. The van der Waals surface area contributed by atoms with Crippen molar-refractivity contribution in [2.75, 3.05) is 13.1 Å². The van der Waals surface area contributed by atoms with Crippen LogP contribution in [-0.4, -0.2) is 24.0 Å².